The van der Waals surface area contributed by atoms with Crippen LogP contribution in [0.5, 0.6) is 0 Å². The van der Waals surface area contributed by atoms with Gasteiger partial charge in [-0.05, 0) is 192 Å². The molecule has 25 rings (SSSR count). The van der Waals surface area contributed by atoms with Crippen LogP contribution < -0.4 is 9.80 Å². The lowest BCUT2D eigenvalue weighted by Crippen LogP contribution is -2.30. The van der Waals surface area contributed by atoms with Gasteiger partial charge in [0.2, 0.25) is 0 Å². The lowest BCUT2D eigenvalue weighted by atomic mass is 9.82. The van der Waals surface area contributed by atoms with E-state index < -0.39 is 0 Å². The zero-order valence-electron chi connectivity index (χ0n) is 70.6. The summed E-state index contributed by atoms with van der Waals surface area (Å²) in [7, 11) is 0. The van der Waals surface area contributed by atoms with Gasteiger partial charge >= 0.3 is 0 Å². The molecule has 17 aromatic carbocycles. The van der Waals surface area contributed by atoms with E-state index in [2.05, 4.69) is 422 Å². The van der Waals surface area contributed by atoms with Gasteiger partial charge in [0.15, 0.2) is 34.9 Å². The Hall–Kier alpha value is -17.1. The molecule has 0 amide bonds. The van der Waals surface area contributed by atoms with Gasteiger partial charge in [0.05, 0.1) is 12.1 Å². The number of rotatable bonds is 15. The van der Waals surface area contributed by atoms with Crippen LogP contribution in [0.4, 0.5) is 22.7 Å². The molecule has 4 aromatic heterocycles. The van der Waals surface area contributed by atoms with Crippen molar-refractivity contribution in [2.75, 3.05) is 9.80 Å². The first-order valence-electron chi connectivity index (χ1n) is 44.2. The molecule has 0 fully saturated rings. The molecule has 10 heteroatoms. The number of anilines is 4. The number of hydrogen-bond acceptors (Lipinski definition) is 10. The van der Waals surface area contributed by atoms with Crippen LogP contribution >= 0.6 is 0 Å². The third-order valence-electron chi connectivity index (χ3n) is 25.8. The largest absolute Gasteiger partial charge is 0.456 e. The molecule has 2 aliphatic carbocycles. The van der Waals surface area contributed by atoms with E-state index in [-0.39, 0.29) is 23.9 Å². The molecular weight excluding hydrogens is 1590 g/mol. The van der Waals surface area contributed by atoms with Crippen LogP contribution in [0.25, 0.3) is 180 Å². The Morgan fingerprint density at radius 3 is 0.769 bits per heavy atom. The third-order valence-corrected chi connectivity index (χ3v) is 25.8. The Bertz CT molecular complexity index is 7800. The van der Waals surface area contributed by atoms with Crippen molar-refractivity contribution < 1.29 is 8.83 Å². The zero-order valence-corrected chi connectivity index (χ0v) is 70.6. The Morgan fingerprint density at radius 1 is 0.192 bits per heavy atom. The van der Waals surface area contributed by atoms with Crippen molar-refractivity contribution >= 4 is 56.8 Å². The van der Waals surface area contributed by atoms with E-state index in [0.717, 1.165) is 112 Å². The molecule has 0 radical (unpaired) electrons. The smallest absolute Gasteiger partial charge is 0.164 e. The summed E-state index contributed by atoms with van der Waals surface area (Å²) in [5, 5.41) is 2.13. The van der Waals surface area contributed by atoms with Gasteiger partial charge in [0.1, 0.15) is 22.7 Å². The van der Waals surface area contributed by atoms with E-state index in [4.69, 9.17) is 38.7 Å². The summed E-state index contributed by atoms with van der Waals surface area (Å²) < 4.78 is 13.3. The summed E-state index contributed by atoms with van der Waals surface area (Å²) in [6.45, 7) is 0. The van der Waals surface area contributed by atoms with Gasteiger partial charge in [-0.1, -0.05) is 358 Å². The summed E-state index contributed by atoms with van der Waals surface area (Å²) in [4.78, 5) is 35.8. The molecule has 0 saturated heterocycles. The molecular formula is C120H80N8O2. The fourth-order valence-electron chi connectivity index (χ4n) is 19.5. The van der Waals surface area contributed by atoms with Crippen LogP contribution in [0, 0.1) is 0 Å². The quantitative estimate of drug-likeness (QED) is 0.0984. The highest BCUT2D eigenvalue weighted by molar-refractivity contribution is 5.96. The molecule has 4 unspecified atom stereocenters. The van der Waals surface area contributed by atoms with Crippen molar-refractivity contribution in [2.24, 2.45) is 0 Å². The standard InChI is InChI=1S/C63H42N4O.C57H38N4O/c1-4-13-41(14-5-1)44-23-27-47(28-24-44)61-64-62(48-29-25-45(26-30-48)42-15-6-2-7-16-42)66-63(65-61)51-33-37-57-54(40-51)60-58(68-57)38-36-56-59(60)53-21-10-11-22-55(53)67(56)52-34-31-46(32-35-52)50-20-12-19-49(39-50)43-17-8-3-9-18-43;1-4-14-37(15-5-1)41-20-12-21-42(34-41)39-26-29-46(30-27-39)61-49-25-11-10-24-47(49)53-50(61)31-33-52-54(53)48-36-45(28-32-51(48)62-52)57-59-55(40-18-8-3-9-19-40)58-56(60-57)44-23-13-22-43(35-44)38-16-6-2-7-17-38/h1-40,56,59H;1-36,50,53H. The van der Waals surface area contributed by atoms with E-state index in [9.17, 15) is 0 Å². The van der Waals surface area contributed by atoms with E-state index in [1.54, 1.807) is 0 Å². The van der Waals surface area contributed by atoms with Crippen LogP contribution in [0.3, 0.4) is 0 Å². The van der Waals surface area contributed by atoms with Crippen LogP contribution in [0.1, 0.15) is 45.6 Å². The van der Waals surface area contributed by atoms with Crippen molar-refractivity contribution in [3.8, 4) is 146 Å². The Labute approximate surface area is 753 Å². The molecule has 21 aromatic rings. The number of nitrogens with zero attached hydrogens (tertiary/aromatic N) is 8. The van der Waals surface area contributed by atoms with E-state index in [0.29, 0.717) is 34.9 Å². The van der Waals surface area contributed by atoms with E-state index in [1.807, 2.05) is 48.5 Å². The lowest BCUT2D eigenvalue weighted by Gasteiger charge is -2.30. The first-order chi connectivity index (χ1) is 64.4. The Morgan fingerprint density at radius 2 is 0.423 bits per heavy atom. The van der Waals surface area contributed by atoms with Crippen molar-refractivity contribution in [1.82, 2.24) is 29.9 Å². The number of fused-ring (bicyclic) bond motifs is 14. The molecule has 4 atom stereocenters. The molecule has 0 spiro atoms. The summed E-state index contributed by atoms with van der Waals surface area (Å²) in [6.07, 6.45) is 8.94. The van der Waals surface area contributed by atoms with Gasteiger partial charge in [-0.2, -0.15) is 0 Å². The van der Waals surface area contributed by atoms with Crippen LogP contribution in [0.2, 0.25) is 0 Å². The van der Waals surface area contributed by atoms with Crippen LogP contribution in [0.15, 0.2) is 458 Å². The second kappa shape index (κ2) is 32.8. The maximum absolute atomic E-state index is 6.67. The molecule has 4 aliphatic rings. The van der Waals surface area contributed by atoms with Crippen molar-refractivity contribution in [3.63, 3.8) is 0 Å². The minimum Gasteiger partial charge on any atom is -0.456 e. The molecule has 10 nitrogen and oxygen atoms in total. The Kier molecular flexibility index (Phi) is 19.3. The van der Waals surface area contributed by atoms with Gasteiger partial charge in [-0.3, -0.25) is 0 Å². The van der Waals surface area contributed by atoms with Gasteiger partial charge in [-0.15, -0.1) is 0 Å². The Balaban J connectivity index is 0.000000145. The number of hydrogen-bond donors (Lipinski definition) is 0. The molecule has 6 heterocycles. The number of aromatic nitrogens is 6. The molecule has 130 heavy (non-hydrogen) atoms. The number of para-hydroxylation sites is 2. The average Bonchev–Trinajstić information content (AvgIpc) is 1.56. The van der Waals surface area contributed by atoms with Crippen LogP contribution in [-0.4, -0.2) is 42.0 Å². The molecule has 0 bridgehead atoms. The second-order valence-corrected chi connectivity index (χ2v) is 33.5. The van der Waals surface area contributed by atoms with Gasteiger partial charge in [-0.25, -0.2) is 29.9 Å². The minimum atomic E-state index is 0.0423. The van der Waals surface area contributed by atoms with E-state index >= 15 is 0 Å². The van der Waals surface area contributed by atoms with Crippen molar-refractivity contribution in [2.45, 2.75) is 23.9 Å². The SMILES string of the molecule is C1=CC2C(c3ccccc3N2c2ccc(-c3cccc(-c4ccccc4)c3)cc2)c2c1oc1ccc(-c3nc(-c4ccc(-c5ccccc5)cc4)nc(-c4ccc(-c5ccccc5)cc4)n3)cc21.C1=CC2C(c3ccccc3N2c2ccc(-c3cccc(-c4ccccc4)c3)cc2)c2c1oc1ccc(-c3nc(-c4ccccc4)nc(-c4cccc(-c5ccccc5)c4)n3)cc21. The lowest BCUT2D eigenvalue weighted by molar-refractivity contribution is 0.584. The van der Waals surface area contributed by atoms with Gasteiger partial charge in [0.25, 0.3) is 0 Å². The predicted molar refractivity (Wildman–Crippen MR) is 529 cm³/mol. The minimum absolute atomic E-state index is 0.0423. The maximum Gasteiger partial charge on any atom is 0.164 e. The molecule has 2 aliphatic heterocycles. The fraction of sp³-hybridized carbons (Fsp3) is 0.0333. The normalized spacial score (nSPS) is 14.8. The monoisotopic (exact) mass is 1660 g/mol. The highest BCUT2D eigenvalue weighted by Gasteiger charge is 2.45. The fourth-order valence-corrected chi connectivity index (χ4v) is 19.5. The number of benzene rings is 17. The van der Waals surface area contributed by atoms with Crippen LogP contribution in [-0.2, 0) is 0 Å². The first-order valence-corrected chi connectivity index (χ1v) is 44.2. The maximum atomic E-state index is 6.67. The number of furan rings is 2. The average molecular weight is 1670 g/mol. The summed E-state index contributed by atoms with van der Waals surface area (Å²) >= 11 is 0. The molecule has 0 saturated carbocycles. The summed E-state index contributed by atoms with van der Waals surface area (Å²) in [5.74, 6) is 5.57. The van der Waals surface area contributed by atoms with Crippen molar-refractivity contribution in [1.29, 1.82) is 0 Å². The van der Waals surface area contributed by atoms with Crippen molar-refractivity contribution in [3.05, 3.63) is 483 Å². The highest BCUT2D eigenvalue weighted by Crippen LogP contribution is 2.57. The molecule has 0 N–H and O–H groups in total. The topological polar surface area (TPSA) is 110 Å². The third kappa shape index (κ3) is 14.2. The first kappa shape index (κ1) is 76.6. The molecule has 612 valence electrons. The van der Waals surface area contributed by atoms with Gasteiger partial charge in [0, 0.05) is 89.9 Å². The second-order valence-electron chi connectivity index (χ2n) is 33.5. The van der Waals surface area contributed by atoms with E-state index in [1.165, 1.54) is 78.1 Å². The van der Waals surface area contributed by atoms with Gasteiger partial charge < -0.3 is 18.6 Å². The predicted octanol–water partition coefficient (Wildman–Crippen LogP) is 30.3. The summed E-state index contributed by atoms with van der Waals surface area (Å²) in [5.41, 5.74) is 33.3. The zero-order chi connectivity index (χ0) is 86.0. The summed E-state index contributed by atoms with van der Waals surface area (Å²) in [6, 6.07) is 154. The highest BCUT2D eigenvalue weighted by atomic mass is 16.3.